The summed E-state index contributed by atoms with van der Waals surface area (Å²) in [5.74, 6) is 1.21. The Morgan fingerprint density at radius 3 is 2.20 bits per heavy atom. The van der Waals surface area contributed by atoms with Crippen LogP contribution in [0.2, 0.25) is 0 Å². The molecule has 4 rings (SSSR count). The van der Waals surface area contributed by atoms with Gasteiger partial charge >= 0.3 is 6.16 Å². The highest BCUT2D eigenvalue weighted by Gasteiger charge is 2.62. The summed E-state index contributed by atoms with van der Waals surface area (Å²) >= 11 is 0. The number of carbonyl (C=O) groups is 2. The predicted octanol–water partition coefficient (Wildman–Crippen LogP) is 2.20. The van der Waals surface area contributed by atoms with Crippen LogP contribution in [-0.2, 0) is 14.3 Å². The maximum absolute atomic E-state index is 12.6. The minimum absolute atomic E-state index is 0.199. The number of ether oxygens (including phenoxy) is 2. The molecule has 4 aliphatic rings. The van der Waals surface area contributed by atoms with E-state index in [9.17, 15) is 9.59 Å². The molecule has 0 spiro atoms. The fourth-order valence-corrected chi connectivity index (χ4v) is 5.24. The molecule has 5 heteroatoms. The summed E-state index contributed by atoms with van der Waals surface area (Å²) in [4.78, 5) is 25.9. The van der Waals surface area contributed by atoms with Gasteiger partial charge in [-0.15, -0.1) is 0 Å². The van der Waals surface area contributed by atoms with E-state index in [1.807, 2.05) is 14.1 Å². The van der Waals surface area contributed by atoms with Gasteiger partial charge < -0.3 is 14.4 Å². The molecule has 4 aliphatic carbocycles. The van der Waals surface area contributed by atoms with Crippen LogP contribution in [-0.4, -0.2) is 43.8 Å². The lowest BCUT2D eigenvalue weighted by atomic mass is 9.47. The first-order chi connectivity index (χ1) is 9.38. The van der Waals surface area contributed by atoms with Crippen LogP contribution in [0.25, 0.3) is 0 Å². The van der Waals surface area contributed by atoms with E-state index in [0.29, 0.717) is 18.3 Å². The molecule has 0 aromatic carbocycles. The van der Waals surface area contributed by atoms with Gasteiger partial charge in [0.2, 0.25) is 5.91 Å². The van der Waals surface area contributed by atoms with Crippen molar-refractivity contribution >= 4 is 12.1 Å². The molecular weight excluding hydrogens is 258 g/mol. The molecule has 5 nitrogen and oxygen atoms in total. The highest BCUT2D eigenvalue weighted by molar-refractivity contribution is 5.83. The van der Waals surface area contributed by atoms with E-state index in [2.05, 4.69) is 4.74 Å². The van der Waals surface area contributed by atoms with Crippen molar-refractivity contribution in [1.29, 1.82) is 0 Å². The van der Waals surface area contributed by atoms with Crippen molar-refractivity contribution in [2.75, 3.05) is 21.2 Å². The molecule has 4 fully saturated rings. The summed E-state index contributed by atoms with van der Waals surface area (Å²) < 4.78 is 10.3. The third-order valence-electron chi connectivity index (χ3n) is 5.33. The number of amides is 1. The zero-order chi connectivity index (χ0) is 14.5. The van der Waals surface area contributed by atoms with Gasteiger partial charge in [-0.25, -0.2) is 4.79 Å². The number of hydrogen-bond donors (Lipinski definition) is 0. The van der Waals surface area contributed by atoms with Crippen LogP contribution in [0.3, 0.4) is 0 Å². The molecule has 0 N–H and O–H groups in total. The SMILES string of the molecule is COC(=O)OC12CC3CC(C1)CC(C(=O)N(C)C)(C3)C2. The van der Waals surface area contributed by atoms with Crippen molar-refractivity contribution in [3.8, 4) is 0 Å². The molecule has 112 valence electrons. The van der Waals surface area contributed by atoms with E-state index in [1.54, 1.807) is 4.90 Å². The number of rotatable bonds is 2. The maximum Gasteiger partial charge on any atom is 0.508 e. The molecule has 1 amide bonds. The Bertz CT molecular complexity index is 431. The van der Waals surface area contributed by atoms with Crippen molar-refractivity contribution in [1.82, 2.24) is 4.90 Å². The van der Waals surface area contributed by atoms with E-state index in [1.165, 1.54) is 13.5 Å². The smallest absolute Gasteiger partial charge is 0.438 e. The Kier molecular flexibility index (Phi) is 2.99. The fraction of sp³-hybridized carbons (Fsp3) is 0.867. The second kappa shape index (κ2) is 4.37. The van der Waals surface area contributed by atoms with Gasteiger partial charge in [-0.2, -0.15) is 0 Å². The molecule has 4 bridgehead atoms. The van der Waals surface area contributed by atoms with Crippen LogP contribution in [0.15, 0.2) is 0 Å². The first-order valence-corrected chi connectivity index (χ1v) is 7.37. The summed E-state index contributed by atoms with van der Waals surface area (Å²) in [5.41, 5.74) is -0.787. The van der Waals surface area contributed by atoms with E-state index < -0.39 is 11.8 Å². The lowest BCUT2D eigenvalue weighted by molar-refractivity contribution is -0.188. The van der Waals surface area contributed by atoms with Crippen LogP contribution in [0.1, 0.15) is 38.5 Å². The molecule has 20 heavy (non-hydrogen) atoms. The van der Waals surface area contributed by atoms with Crippen LogP contribution in [0.5, 0.6) is 0 Å². The molecule has 0 saturated heterocycles. The van der Waals surface area contributed by atoms with Crippen LogP contribution < -0.4 is 0 Å². The van der Waals surface area contributed by atoms with Crippen LogP contribution >= 0.6 is 0 Å². The highest BCUT2D eigenvalue weighted by Crippen LogP contribution is 2.63. The van der Waals surface area contributed by atoms with E-state index >= 15 is 0 Å². The first kappa shape index (κ1) is 13.7. The summed E-state index contributed by atoms with van der Waals surface area (Å²) in [7, 11) is 4.97. The quantitative estimate of drug-likeness (QED) is 0.728. The molecule has 0 radical (unpaired) electrons. The Morgan fingerprint density at radius 1 is 1.10 bits per heavy atom. The number of hydrogen-bond acceptors (Lipinski definition) is 4. The normalized spacial score (nSPS) is 41.4. The van der Waals surface area contributed by atoms with Gasteiger partial charge in [-0.05, 0) is 43.9 Å². The average Bonchev–Trinajstić information content (AvgIpc) is 2.35. The molecule has 0 aromatic heterocycles. The van der Waals surface area contributed by atoms with Gasteiger partial charge in [0, 0.05) is 20.5 Å². The van der Waals surface area contributed by atoms with Crippen molar-refractivity contribution in [3.63, 3.8) is 0 Å². The van der Waals surface area contributed by atoms with Gasteiger partial charge in [0.1, 0.15) is 5.60 Å². The topological polar surface area (TPSA) is 55.8 Å². The molecule has 0 aliphatic heterocycles. The molecule has 2 atom stereocenters. The Morgan fingerprint density at radius 2 is 1.70 bits per heavy atom. The first-order valence-electron chi connectivity index (χ1n) is 7.37. The van der Waals surface area contributed by atoms with Crippen molar-refractivity contribution in [2.45, 2.75) is 44.1 Å². The van der Waals surface area contributed by atoms with E-state index in [-0.39, 0.29) is 11.3 Å². The zero-order valence-electron chi connectivity index (χ0n) is 12.5. The largest absolute Gasteiger partial charge is 0.508 e. The van der Waals surface area contributed by atoms with Gasteiger partial charge in [0.25, 0.3) is 0 Å². The van der Waals surface area contributed by atoms with Gasteiger partial charge in [-0.1, -0.05) is 0 Å². The number of methoxy groups -OCH3 is 1. The summed E-state index contributed by atoms with van der Waals surface area (Å²) in [6.45, 7) is 0. The van der Waals surface area contributed by atoms with Crippen molar-refractivity contribution in [3.05, 3.63) is 0 Å². The maximum atomic E-state index is 12.6. The zero-order valence-corrected chi connectivity index (χ0v) is 12.5. The standard InChI is InChI=1S/C15H23NO4/c1-16(2)12(17)14-5-10-4-11(6-14)8-15(7-10,9-14)20-13(18)19-3/h10-11H,4-9H2,1-3H3. The van der Waals surface area contributed by atoms with E-state index in [0.717, 1.165) is 25.7 Å². The number of carbonyl (C=O) groups excluding carboxylic acids is 2. The fourth-order valence-electron chi connectivity index (χ4n) is 5.24. The van der Waals surface area contributed by atoms with E-state index in [4.69, 9.17) is 4.74 Å². The Balaban J connectivity index is 1.89. The summed E-state index contributed by atoms with van der Waals surface area (Å²) in [6.07, 6.45) is 4.91. The van der Waals surface area contributed by atoms with Gasteiger partial charge in [-0.3, -0.25) is 4.79 Å². The average molecular weight is 281 g/mol. The minimum Gasteiger partial charge on any atom is -0.438 e. The second-order valence-electron chi connectivity index (χ2n) is 7.18. The third kappa shape index (κ3) is 1.98. The lowest BCUT2D eigenvalue weighted by Crippen LogP contribution is -2.61. The van der Waals surface area contributed by atoms with Gasteiger partial charge in [0.15, 0.2) is 0 Å². The van der Waals surface area contributed by atoms with Crippen LogP contribution in [0.4, 0.5) is 4.79 Å². The molecule has 4 saturated carbocycles. The van der Waals surface area contributed by atoms with Gasteiger partial charge in [0.05, 0.1) is 12.5 Å². The third-order valence-corrected chi connectivity index (χ3v) is 5.33. The minimum atomic E-state index is -0.612. The van der Waals surface area contributed by atoms with Crippen molar-refractivity contribution in [2.24, 2.45) is 17.3 Å². The van der Waals surface area contributed by atoms with Crippen LogP contribution in [0, 0.1) is 17.3 Å². The monoisotopic (exact) mass is 281 g/mol. The number of nitrogens with zero attached hydrogens (tertiary/aromatic N) is 1. The molecule has 0 heterocycles. The lowest BCUT2D eigenvalue weighted by Gasteiger charge is -2.60. The molecule has 2 unspecified atom stereocenters. The molecular formula is C15H23NO4. The molecule has 0 aromatic rings. The summed E-state index contributed by atoms with van der Waals surface area (Å²) in [6, 6.07) is 0. The summed E-state index contributed by atoms with van der Waals surface area (Å²) in [5, 5.41) is 0. The van der Waals surface area contributed by atoms with Crippen molar-refractivity contribution < 1.29 is 19.1 Å². The Labute approximate surface area is 119 Å². The predicted molar refractivity (Wildman–Crippen MR) is 72.0 cm³/mol. The highest BCUT2D eigenvalue weighted by atomic mass is 16.7. The Hall–Kier alpha value is -1.26. The second-order valence-corrected chi connectivity index (χ2v) is 7.18.